The SMILES string of the molecule is CCCCc1cc2c(-c3cc(C(C)(C)C)cc(C(C)(C)C)c3)cccc2[cH-]1.CCCCc1cc2c(-c3cc(C(C)(C)C)cc(C(C)(C)C)c3)cccc2[cH-]1.[CH2-]C[CH2-].[Cl-].[Cl-].[Hf]. The zero-order valence-electron chi connectivity index (χ0n) is 39.9. The summed E-state index contributed by atoms with van der Waals surface area (Å²) in [5.41, 5.74) is 14.6. The van der Waals surface area contributed by atoms with Gasteiger partial charge in [-0.05, 0) is 67.9 Å². The Bertz CT molecular complexity index is 1980. The molecule has 0 unspecified atom stereocenters. The van der Waals surface area contributed by atoms with Crippen molar-refractivity contribution in [1.29, 1.82) is 0 Å². The van der Waals surface area contributed by atoms with E-state index in [1.807, 2.05) is 0 Å². The maximum atomic E-state index is 3.38. The van der Waals surface area contributed by atoms with E-state index in [0.717, 1.165) is 6.42 Å². The molecule has 0 bridgehead atoms. The Hall–Kier alpha value is -2.45. The van der Waals surface area contributed by atoms with Crippen molar-refractivity contribution in [2.75, 3.05) is 0 Å². The molecular weight excluding hydrogens is 934 g/mol. The molecule has 60 heavy (non-hydrogen) atoms. The first-order chi connectivity index (χ1) is 26.6. The van der Waals surface area contributed by atoms with Crippen LogP contribution in [0, 0.1) is 13.8 Å². The molecule has 0 fully saturated rings. The van der Waals surface area contributed by atoms with Crippen molar-refractivity contribution in [2.45, 2.75) is 164 Å². The van der Waals surface area contributed by atoms with E-state index in [1.54, 1.807) is 0 Å². The Morgan fingerprint density at radius 1 is 0.450 bits per heavy atom. The van der Waals surface area contributed by atoms with Gasteiger partial charge in [-0.15, -0.1) is 69.1 Å². The summed E-state index contributed by atoms with van der Waals surface area (Å²) in [4.78, 5) is 0. The number of benzene rings is 4. The minimum Gasteiger partial charge on any atom is -1.00 e. The minimum atomic E-state index is 0. The van der Waals surface area contributed by atoms with Gasteiger partial charge in [-0.25, -0.2) is 0 Å². The third-order valence-electron chi connectivity index (χ3n) is 11.2. The quantitative estimate of drug-likeness (QED) is 0.105. The van der Waals surface area contributed by atoms with Crippen LogP contribution in [0.5, 0.6) is 0 Å². The van der Waals surface area contributed by atoms with E-state index in [-0.39, 0.29) is 72.3 Å². The first-order valence-corrected chi connectivity index (χ1v) is 21.9. The summed E-state index contributed by atoms with van der Waals surface area (Å²) in [6.45, 7) is 39.0. The Kier molecular flexibility index (Phi) is 21.6. The fourth-order valence-corrected chi connectivity index (χ4v) is 7.45. The smallest absolute Gasteiger partial charge is 0 e. The molecule has 0 N–H and O–H groups in total. The van der Waals surface area contributed by atoms with Crippen molar-refractivity contribution in [1.82, 2.24) is 0 Å². The number of rotatable bonds is 8. The molecule has 0 aliphatic carbocycles. The molecule has 6 aromatic carbocycles. The van der Waals surface area contributed by atoms with Crippen molar-refractivity contribution in [2.24, 2.45) is 0 Å². The van der Waals surface area contributed by atoms with Crippen LogP contribution >= 0.6 is 0 Å². The van der Waals surface area contributed by atoms with Crippen LogP contribution in [-0.2, 0) is 60.3 Å². The summed E-state index contributed by atoms with van der Waals surface area (Å²) in [6.07, 6.45) is 8.13. The van der Waals surface area contributed by atoms with Crippen molar-refractivity contribution in [3.05, 3.63) is 144 Å². The molecule has 3 heteroatoms. The molecule has 328 valence electrons. The van der Waals surface area contributed by atoms with Gasteiger partial charge in [-0.1, -0.05) is 182 Å². The number of halogens is 2. The predicted molar refractivity (Wildman–Crippen MR) is 257 cm³/mol. The average molecular weight is 1010 g/mol. The maximum absolute atomic E-state index is 3.38. The number of unbranched alkanes of at least 4 members (excludes halogenated alkanes) is 2. The van der Waals surface area contributed by atoms with E-state index in [9.17, 15) is 0 Å². The van der Waals surface area contributed by atoms with Crippen molar-refractivity contribution < 1.29 is 50.7 Å². The van der Waals surface area contributed by atoms with Gasteiger partial charge in [0.25, 0.3) is 0 Å². The molecule has 0 spiro atoms. The summed E-state index contributed by atoms with van der Waals surface area (Å²) in [7, 11) is 0. The van der Waals surface area contributed by atoms with Crippen molar-refractivity contribution in [3.8, 4) is 22.3 Å². The molecule has 6 rings (SSSR count). The Balaban J connectivity index is 0.000000538. The Morgan fingerprint density at radius 3 is 0.983 bits per heavy atom. The van der Waals surface area contributed by atoms with Gasteiger partial charge in [0, 0.05) is 25.8 Å². The molecular formula is C57H76Cl2Hf-6. The summed E-state index contributed by atoms with van der Waals surface area (Å²) in [6, 6.07) is 37.5. The largest absolute Gasteiger partial charge is 1.00 e. The second-order valence-electron chi connectivity index (χ2n) is 20.5. The van der Waals surface area contributed by atoms with Crippen molar-refractivity contribution >= 4 is 21.5 Å². The summed E-state index contributed by atoms with van der Waals surface area (Å²) >= 11 is 0. The van der Waals surface area contributed by atoms with Gasteiger partial charge >= 0.3 is 0 Å². The van der Waals surface area contributed by atoms with E-state index in [4.69, 9.17) is 0 Å². The fraction of sp³-hybridized carbons (Fsp3) is 0.439. The molecule has 0 nitrogen and oxygen atoms in total. The molecule has 0 aliphatic rings. The maximum Gasteiger partial charge on any atom is 0 e. The third kappa shape index (κ3) is 14.8. The molecule has 0 saturated heterocycles. The van der Waals surface area contributed by atoms with Crippen LogP contribution in [0.1, 0.15) is 162 Å². The van der Waals surface area contributed by atoms with Crippen LogP contribution < -0.4 is 24.8 Å². The number of aryl methyl sites for hydroxylation is 2. The zero-order valence-corrected chi connectivity index (χ0v) is 45.0. The van der Waals surface area contributed by atoms with E-state index in [1.165, 1.54) is 116 Å². The minimum absolute atomic E-state index is 0. The number of hydrogen-bond acceptors (Lipinski definition) is 0. The van der Waals surface area contributed by atoms with E-state index >= 15 is 0 Å². The molecule has 0 amide bonds. The number of fused-ring (bicyclic) bond motifs is 2. The van der Waals surface area contributed by atoms with Gasteiger partial charge < -0.3 is 45.1 Å². The van der Waals surface area contributed by atoms with Crippen LogP contribution in [0.4, 0.5) is 0 Å². The zero-order chi connectivity index (χ0) is 42.3. The molecule has 0 aromatic heterocycles. The predicted octanol–water partition coefficient (Wildman–Crippen LogP) is 11.4. The fourth-order valence-electron chi connectivity index (χ4n) is 7.45. The Labute approximate surface area is 399 Å². The molecule has 0 aliphatic heterocycles. The topological polar surface area (TPSA) is 0 Å². The third-order valence-corrected chi connectivity index (χ3v) is 11.2. The number of hydrogen-bond donors (Lipinski definition) is 0. The average Bonchev–Trinajstić information content (AvgIpc) is 3.75. The first-order valence-electron chi connectivity index (χ1n) is 21.9. The second kappa shape index (κ2) is 23.3. The molecule has 6 aromatic rings. The summed E-state index contributed by atoms with van der Waals surface area (Å²) in [5, 5.41) is 5.54. The normalized spacial score (nSPS) is 11.7. The molecule has 0 atom stereocenters. The van der Waals surface area contributed by atoms with Crippen LogP contribution in [-0.4, -0.2) is 0 Å². The van der Waals surface area contributed by atoms with Gasteiger partial charge in [0.1, 0.15) is 0 Å². The van der Waals surface area contributed by atoms with E-state index < -0.39 is 0 Å². The first kappa shape index (κ1) is 55.6. The van der Waals surface area contributed by atoms with Crippen molar-refractivity contribution in [3.63, 3.8) is 0 Å². The summed E-state index contributed by atoms with van der Waals surface area (Å²) in [5.74, 6) is 0. The van der Waals surface area contributed by atoms with Gasteiger partial charge in [0.05, 0.1) is 0 Å². The molecule has 0 radical (unpaired) electrons. The van der Waals surface area contributed by atoms with E-state index in [0.29, 0.717) is 0 Å². The van der Waals surface area contributed by atoms with Gasteiger partial charge in [-0.2, -0.15) is 12.1 Å². The monoisotopic (exact) mass is 1010 g/mol. The molecule has 0 saturated carbocycles. The van der Waals surface area contributed by atoms with Crippen LogP contribution in [0.2, 0.25) is 0 Å². The van der Waals surface area contributed by atoms with Gasteiger partial charge in [0.2, 0.25) is 0 Å². The van der Waals surface area contributed by atoms with Gasteiger partial charge in [-0.3, -0.25) is 0 Å². The van der Waals surface area contributed by atoms with Gasteiger partial charge in [0.15, 0.2) is 0 Å². The standard InChI is InChI=1S/2C27H35.C3H6.2ClH.Hf/c2*1-8-9-11-19-14-20-12-10-13-24(25(20)15-19)21-16-22(26(2,3)4)18-23(17-21)27(5,6)7;1-3-2;;;/h2*10,12-18H,8-9,11H2,1-7H3;1-3H2;2*1H;/q2*-1;-2;;;/p-2. The summed E-state index contributed by atoms with van der Waals surface area (Å²) < 4.78 is 0. The Morgan fingerprint density at radius 2 is 0.733 bits per heavy atom. The van der Waals surface area contributed by atoms with Crippen LogP contribution in [0.15, 0.2) is 97.1 Å². The van der Waals surface area contributed by atoms with Crippen LogP contribution in [0.25, 0.3) is 43.8 Å². The molecule has 0 heterocycles. The van der Waals surface area contributed by atoms with E-state index in [2.05, 4.69) is 208 Å². The second-order valence-corrected chi connectivity index (χ2v) is 20.5. The van der Waals surface area contributed by atoms with Crippen LogP contribution in [0.3, 0.4) is 0 Å².